The summed E-state index contributed by atoms with van der Waals surface area (Å²) >= 11 is 6.03. The van der Waals surface area contributed by atoms with Crippen LogP contribution in [0.5, 0.6) is 0 Å². The lowest BCUT2D eigenvalue weighted by Crippen LogP contribution is -2.24. The highest BCUT2D eigenvalue weighted by atomic mass is 35.5. The van der Waals surface area contributed by atoms with E-state index in [-0.39, 0.29) is 12.1 Å². The maximum absolute atomic E-state index is 13.6. The molecular formula is C22H19ClN2O4S. The van der Waals surface area contributed by atoms with Crippen LogP contribution in [0.4, 0.5) is 0 Å². The van der Waals surface area contributed by atoms with Gasteiger partial charge in [0.15, 0.2) is 0 Å². The Morgan fingerprint density at radius 3 is 2.57 bits per heavy atom. The van der Waals surface area contributed by atoms with Gasteiger partial charge < -0.3 is 9.72 Å². The van der Waals surface area contributed by atoms with Crippen molar-refractivity contribution in [3.63, 3.8) is 0 Å². The molecule has 0 saturated heterocycles. The number of nitriles is 1. The number of halogens is 1. The van der Waals surface area contributed by atoms with Gasteiger partial charge in [-0.3, -0.25) is 4.79 Å². The molecule has 0 amide bonds. The zero-order valence-electron chi connectivity index (χ0n) is 16.1. The van der Waals surface area contributed by atoms with E-state index in [1.165, 1.54) is 18.2 Å². The van der Waals surface area contributed by atoms with Crippen LogP contribution in [0.25, 0.3) is 10.9 Å². The molecule has 0 bridgehead atoms. The number of carbonyl (C=O) groups excluding carboxylic acids is 1. The lowest BCUT2D eigenvalue weighted by molar-refractivity contribution is -0.145. The number of fused-ring (bicyclic) bond motifs is 1. The zero-order valence-corrected chi connectivity index (χ0v) is 17.7. The van der Waals surface area contributed by atoms with Crippen LogP contribution in [0.1, 0.15) is 40.9 Å². The summed E-state index contributed by atoms with van der Waals surface area (Å²) in [6.45, 7) is 5.25. The number of esters is 1. The molecule has 0 aliphatic heterocycles. The molecule has 6 nitrogen and oxygen atoms in total. The molecule has 0 aliphatic carbocycles. The Morgan fingerprint density at radius 2 is 1.97 bits per heavy atom. The number of carbonyl (C=O) groups is 1. The highest BCUT2D eigenvalue weighted by molar-refractivity contribution is 7.91. The number of nitrogens with zero attached hydrogens (tertiary/aromatic N) is 1. The van der Waals surface area contributed by atoms with E-state index >= 15 is 0 Å². The van der Waals surface area contributed by atoms with Crippen molar-refractivity contribution in [1.29, 1.82) is 5.26 Å². The van der Waals surface area contributed by atoms with E-state index in [1.807, 2.05) is 6.07 Å². The van der Waals surface area contributed by atoms with Crippen molar-refractivity contribution in [2.75, 3.05) is 0 Å². The first-order valence-corrected chi connectivity index (χ1v) is 11.1. The minimum absolute atomic E-state index is 0.0215. The number of H-pyrrole nitrogens is 1. The molecule has 8 heteroatoms. The van der Waals surface area contributed by atoms with Crippen LogP contribution in [0.3, 0.4) is 0 Å². The van der Waals surface area contributed by atoms with Crippen molar-refractivity contribution in [3.8, 4) is 6.07 Å². The summed E-state index contributed by atoms with van der Waals surface area (Å²) in [6.07, 6.45) is 1.30. The Morgan fingerprint density at radius 1 is 1.27 bits per heavy atom. The van der Waals surface area contributed by atoms with E-state index in [4.69, 9.17) is 21.6 Å². The van der Waals surface area contributed by atoms with Gasteiger partial charge >= 0.3 is 5.97 Å². The average molecular weight is 443 g/mol. The molecule has 30 heavy (non-hydrogen) atoms. The summed E-state index contributed by atoms with van der Waals surface area (Å²) in [4.78, 5) is 15.1. The number of aromatic amines is 1. The third kappa shape index (κ3) is 4.25. The maximum Gasteiger partial charge on any atom is 0.307 e. The van der Waals surface area contributed by atoms with E-state index in [2.05, 4.69) is 11.6 Å². The minimum Gasteiger partial charge on any atom is -0.439 e. The number of nitrogens with one attached hydrogen (secondary N) is 1. The lowest BCUT2D eigenvalue weighted by atomic mass is 10.1. The maximum atomic E-state index is 13.6. The molecule has 2 atom stereocenters. The van der Waals surface area contributed by atoms with E-state index in [1.54, 1.807) is 43.3 Å². The first kappa shape index (κ1) is 21.6. The molecule has 0 radical (unpaired) electrons. The van der Waals surface area contributed by atoms with Crippen molar-refractivity contribution in [1.82, 2.24) is 4.98 Å². The van der Waals surface area contributed by atoms with E-state index in [0.29, 0.717) is 27.1 Å². The van der Waals surface area contributed by atoms with E-state index in [9.17, 15) is 13.2 Å². The molecular weight excluding hydrogens is 424 g/mol. The first-order valence-electron chi connectivity index (χ1n) is 9.13. The van der Waals surface area contributed by atoms with Crippen LogP contribution in [0.15, 0.2) is 61.2 Å². The van der Waals surface area contributed by atoms with Crippen LogP contribution >= 0.6 is 11.6 Å². The number of sulfone groups is 1. The second kappa shape index (κ2) is 8.74. The largest absolute Gasteiger partial charge is 0.439 e. The van der Waals surface area contributed by atoms with Crippen molar-refractivity contribution in [3.05, 3.63) is 83.0 Å². The molecule has 2 aromatic carbocycles. The summed E-state index contributed by atoms with van der Waals surface area (Å²) in [7, 11) is -4.11. The summed E-state index contributed by atoms with van der Waals surface area (Å²) in [6, 6.07) is 14.8. The molecule has 1 N–H and O–H groups in total. The smallest absolute Gasteiger partial charge is 0.307 e. The number of benzene rings is 2. The summed E-state index contributed by atoms with van der Waals surface area (Å²) in [5.74, 6) is -0.650. The fourth-order valence-electron chi connectivity index (χ4n) is 3.10. The molecule has 1 aromatic heterocycles. The first-order chi connectivity index (χ1) is 14.3. The Bertz CT molecular complexity index is 1240. The molecule has 1 heterocycles. The van der Waals surface area contributed by atoms with Crippen molar-refractivity contribution in [2.45, 2.75) is 24.0 Å². The zero-order chi connectivity index (χ0) is 21.9. The number of aromatic nitrogens is 1. The molecule has 3 aromatic rings. The van der Waals surface area contributed by atoms with Gasteiger partial charge in [0.25, 0.3) is 0 Å². The molecule has 0 aliphatic rings. The number of hydrogen-bond acceptors (Lipinski definition) is 5. The van der Waals surface area contributed by atoms with Crippen LogP contribution in [-0.4, -0.2) is 19.4 Å². The molecule has 3 rings (SSSR count). The van der Waals surface area contributed by atoms with Crippen LogP contribution in [0.2, 0.25) is 5.02 Å². The summed E-state index contributed by atoms with van der Waals surface area (Å²) < 4.78 is 32.5. The normalized spacial score (nSPS) is 13.4. The monoisotopic (exact) mass is 442 g/mol. The quantitative estimate of drug-likeness (QED) is 0.410. The SMILES string of the molecule is C=CC(c1ccc(C#N)cc1)S(=O)(=O)C(OC(=O)CC)c1cc2cc(Cl)ccc2[nH]1. The van der Waals surface area contributed by atoms with Gasteiger partial charge in [0.1, 0.15) is 5.25 Å². The van der Waals surface area contributed by atoms with Gasteiger partial charge in [0.05, 0.1) is 17.3 Å². The minimum atomic E-state index is -4.11. The molecule has 2 unspecified atom stereocenters. The summed E-state index contributed by atoms with van der Waals surface area (Å²) in [5.41, 5.74) is 0.140. The van der Waals surface area contributed by atoms with Gasteiger partial charge in [-0.1, -0.05) is 36.7 Å². The molecule has 0 spiro atoms. The van der Waals surface area contributed by atoms with Crippen molar-refractivity contribution >= 4 is 38.3 Å². The predicted octanol–water partition coefficient (Wildman–Crippen LogP) is 4.99. The Kier molecular flexibility index (Phi) is 6.30. The van der Waals surface area contributed by atoms with E-state index < -0.39 is 26.5 Å². The van der Waals surface area contributed by atoms with Gasteiger partial charge in [-0.15, -0.1) is 6.58 Å². The number of hydrogen-bond donors (Lipinski definition) is 1. The fraction of sp³-hybridized carbons (Fsp3) is 0.182. The predicted molar refractivity (Wildman–Crippen MR) is 115 cm³/mol. The molecule has 0 fully saturated rings. The van der Waals surface area contributed by atoms with Crippen molar-refractivity contribution in [2.24, 2.45) is 0 Å². The number of rotatable bonds is 7. The van der Waals surface area contributed by atoms with Gasteiger partial charge in [-0.25, -0.2) is 8.42 Å². The fourth-order valence-corrected chi connectivity index (χ4v) is 5.08. The van der Waals surface area contributed by atoms with Gasteiger partial charge in [-0.05, 0) is 42.0 Å². The highest BCUT2D eigenvalue weighted by Gasteiger charge is 2.38. The third-order valence-electron chi connectivity index (χ3n) is 4.62. The molecule has 0 saturated carbocycles. The van der Waals surface area contributed by atoms with Crippen LogP contribution in [0, 0.1) is 11.3 Å². The summed E-state index contributed by atoms with van der Waals surface area (Å²) in [5, 5.41) is 9.03. The van der Waals surface area contributed by atoms with E-state index in [0.717, 1.165) is 0 Å². The van der Waals surface area contributed by atoms with Gasteiger partial charge in [-0.2, -0.15) is 5.26 Å². The van der Waals surface area contributed by atoms with Crippen LogP contribution in [-0.2, 0) is 19.4 Å². The highest BCUT2D eigenvalue weighted by Crippen LogP contribution is 2.37. The van der Waals surface area contributed by atoms with Crippen molar-refractivity contribution < 1.29 is 17.9 Å². The standard InChI is InChI=1S/C22H19ClN2O4S/c1-3-20(15-7-5-14(13-24)6-8-15)30(27,28)22(29-21(26)4-2)19-12-16-11-17(23)9-10-18(16)25-19/h3,5-12,20,22,25H,1,4H2,2H3. The topological polar surface area (TPSA) is 100 Å². The van der Waals surface area contributed by atoms with Gasteiger partial charge in [0.2, 0.25) is 15.3 Å². The Hall–Kier alpha value is -3.08. The lowest BCUT2D eigenvalue weighted by Gasteiger charge is -2.22. The Labute approximate surface area is 179 Å². The average Bonchev–Trinajstić information content (AvgIpc) is 3.15. The molecule has 154 valence electrons. The second-order valence-electron chi connectivity index (χ2n) is 6.61. The second-order valence-corrected chi connectivity index (χ2v) is 9.16. The Balaban J connectivity index is 2.10. The van der Waals surface area contributed by atoms with Gasteiger partial charge in [0, 0.05) is 22.3 Å². The van der Waals surface area contributed by atoms with Crippen LogP contribution < -0.4 is 0 Å². The number of ether oxygens (including phenoxy) is 1. The third-order valence-corrected chi connectivity index (χ3v) is 6.97.